The van der Waals surface area contributed by atoms with Crippen molar-refractivity contribution in [2.24, 2.45) is 4.99 Å². The SMILES string of the molecule is CCC(CC)c1cc(CNC(=NC)NCc2ccccc2CN2CCOCC2)on1.I. The number of aliphatic imine (C=N–C) groups is 1. The van der Waals surface area contributed by atoms with Gasteiger partial charge in [-0.15, -0.1) is 24.0 Å². The van der Waals surface area contributed by atoms with Crippen molar-refractivity contribution in [3.8, 4) is 0 Å². The molecule has 0 unspecified atom stereocenters. The zero-order valence-electron chi connectivity index (χ0n) is 18.9. The van der Waals surface area contributed by atoms with E-state index in [9.17, 15) is 0 Å². The highest BCUT2D eigenvalue weighted by Crippen LogP contribution is 2.22. The van der Waals surface area contributed by atoms with E-state index in [2.05, 4.69) is 69.9 Å². The molecule has 2 aromatic rings. The summed E-state index contributed by atoms with van der Waals surface area (Å²) in [6, 6.07) is 10.6. The second kappa shape index (κ2) is 13.7. The third kappa shape index (κ3) is 7.76. The van der Waals surface area contributed by atoms with Gasteiger partial charge in [-0.1, -0.05) is 43.3 Å². The molecule has 0 amide bonds. The summed E-state index contributed by atoms with van der Waals surface area (Å²) in [7, 11) is 1.78. The summed E-state index contributed by atoms with van der Waals surface area (Å²) in [5.41, 5.74) is 3.66. The Balaban J connectivity index is 0.00000341. The van der Waals surface area contributed by atoms with E-state index in [0.29, 0.717) is 12.5 Å². The Morgan fingerprint density at radius 3 is 2.45 bits per heavy atom. The maximum Gasteiger partial charge on any atom is 0.191 e. The van der Waals surface area contributed by atoms with E-state index < -0.39 is 0 Å². The topological polar surface area (TPSA) is 74.9 Å². The molecule has 3 rings (SSSR count). The number of morpholine rings is 1. The van der Waals surface area contributed by atoms with Crippen LogP contribution in [0.1, 0.15) is 55.2 Å². The number of aromatic nitrogens is 1. The standard InChI is InChI=1S/C23H35N5O2.HI/c1-4-18(5-2)22-14-21(30-27-22)16-26-23(24-3)25-15-19-8-6-7-9-20(19)17-28-10-12-29-13-11-28;/h6-9,14,18H,4-5,10-13,15-17H2,1-3H3,(H2,24,25,26);1H. The highest BCUT2D eigenvalue weighted by molar-refractivity contribution is 14.0. The van der Waals surface area contributed by atoms with Crippen LogP contribution in [0.5, 0.6) is 0 Å². The molecule has 0 bridgehead atoms. The Kier molecular flexibility index (Phi) is 11.3. The normalized spacial score (nSPS) is 15.0. The van der Waals surface area contributed by atoms with Crippen LogP contribution in [-0.4, -0.2) is 49.4 Å². The molecule has 31 heavy (non-hydrogen) atoms. The Morgan fingerprint density at radius 2 is 1.77 bits per heavy atom. The number of guanidine groups is 1. The first-order valence-corrected chi connectivity index (χ1v) is 11.0. The van der Waals surface area contributed by atoms with Gasteiger partial charge in [0.05, 0.1) is 25.5 Å². The molecular weight excluding hydrogens is 505 g/mol. The monoisotopic (exact) mass is 541 g/mol. The highest BCUT2D eigenvalue weighted by Gasteiger charge is 2.14. The van der Waals surface area contributed by atoms with Crippen LogP contribution in [0.3, 0.4) is 0 Å². The van der Waals surface area contributed by atoms with Crippen molar-refractivity contribution in [3.63, 3.8) is 0 Å². The Morgan fingerprint density at radius 1 is 1.10 bits per heavy atom. The molecule has 1 aromatic heterocycles. The molecule has 0 aliphatic carbocycles. The molecule has 2 N–H and O–H groups in total. The van der Waals surface area contributed by atoms with Crippen molar-refractivity contribution in [3.05, 3.63) is 52.9 Å². The summed E-state index contributed by atoms with van der Waals surface area (Å²) in [6.45, 7) is 10.2. The van der Waals surface area contributed by atoms with Gasteiger partial charge in [-0.3, -0.25) is 9.89 Å². The molecule has 0 radical (unpaired) electrons. The molecule has 2 heterocycles. The summed E-state index contributed by atoms with van der Waals surface area (Å²) in [6.07, 6.45) is 2.14. The van der Waals surface area contributed by atoms with Gasteiger partial charge in [0, 0.05) is 45.2 Å². The molecule has 7 nitrogen and oxygen atoms in total. The Bertz CT molecular complexity index is 801. The minimum atomic E-state index is 0. The van der Waals surface area contributed by atoms with Crippen LogP contribution >= 0.6 is 24.0 Å². The number of benzene rings is 1. The number of ether oxygens (including phenoxy) is 1. The maximum absolute atomic E-state index is 5.50. The molecule has 172 valence electrons. The molecule has 1 aromatic carbocycles. The van der Waals surface area contributed by atoms with Crippen LogP contribution in [0.2, 0.25) is 0 Å². The van der Waals surface area contributed by atoms with Crippen molar-refractivity contribution in [2.45, 2.75) is 52.2 Å². The van der Waals surface area contributed by atoms with Gasteiger partial charge >= 0.3 is 0 Å². The fourth-order valence-electron chi connectivity index (χ4n) is 3.77. The van der Waals surface area contributed by atoms with Gasteiger partial charge in [0.15, 0.2) is 11.7 Å². The smallest absolute Gasteiger partial charge is 0.191 e. The second-order valence-electron chi connectivity index (χ2n) is 7.67. The average molecular weight is 541 g/mol. The van der Waals surface area contributed by atoms with E-state index in [1.54, 1.807) is 7.05 Å². The minimum absolute atomic E-state index is 0. The van der Waals surface area contributed by atoms with E-state index in [0.717, 1.165) is 69.6 Å². The molecule has 0 spiro atoms. The summed E-state index contributed by atoms with van der Waals surface area (Å²) < 4.78 is 11.0. The van der Waals surface area contributed by atoms with E-state index in [1.165, 1.54) is 11.1 Å². The van der Waals surface area contributed by atoms with Gasteiger partial charge in [-0.2, -0.15) is 0 Å². The quantitative estimate of drug-likeness (QED) is 0.285. The van der Waals surface area contributed by atoms with Gasteiger partial charge in [-0.25, -0.2) is 0 Å². The van der Waals surface area contributed by atoms with Gasteiger partial charge in [0.1, 0.15) is 0 Å². The van der Waals surface area contributed by atoms with Crippen LogP contribution < -0.4 is 10.6 Å². The molecule has 1 aliphatic rings. The van der Waals surface area contributed by atoms with Crippen LogP contribution in [0.15, 0.2) is 39.8 Å². The van der Waals surface area contributed by atoms with Crippen molar-refractivity contribution >= 4 is 29.9 Å². The number of rotatable bonds is 9. The summed E-state index contributed by atoms with van der Waals surface area (Å²) in [5, 5.41) is 11.0. The fraction of sp³-hybridized carbons (Fsp3) is 0.565. The largest absolute Gasteiger partial charge is 0.379 e. The molecule has 1 saturated heterocycles. The van der Waals surface area contributed by atoms with E-state index >= 15 is 0 Å². The number of hydrogen-bond acceptors (Lipinski definition) is 5. The lowest BCUT2D eigenvalue weighted by Crippen LogP contribution is -2.37. The first-order valence-electron chi connectivity index (χ1n) is 11.0. The zero-order valence-corrected chi connectivity index (χ0v) is 21.2. The average Bonchev–Trinajstić information content (AvgIpc) is 3.25. The first kappa shape index (κ1) is 25.6. The lowest BCUT2D eigenvalue weighted by atomic mass is 9.99. The van der Waals surface area contributed by atoms with E-state index in [-0.39, 0.29) is 24.0 Å². The predicted molar refractivity (Wildman–Crippen MR) is 135 cm³/mol. The van der Waals surface area contributed by atoms with E-state index in [1.807, 2.05) is 0 Å². The van der Waals surface area contributed by atoms with Crippen LogP contribution in [0, 0.1) is 0 Å². The molecule has 0 atom stereocenters. The van der Waals surface area contributed by atoms with Crippen LogP contribution in [0.25, 0.3) is 0 Å². The second-order valence-corrected chi connectivity index (χ2v) is 7.67. The van der Waals surface area contributed by atoms with Crippen molar-refractivity contribution in [2.75, 3.05) is 33.4 Å². The third-order valence-corrected chi connectivity index (χ3v) is 5.70. The summed E-state index contributed by atoms with van der Waals surface area (Å²) in [5.74, 6) is 2.03. The van der Waals surface area contributed by atoms with Crippen LogP contribution in [0.4, 0.5) is 0 Å². The van der Waals surface area contributed by atoms with Crippen molar-refractivity contribution in [1.82, 2.24) is 20.7 Å². The van der Waals surface area contributed by atoms with Gasteiger partial charge in [0.2, 0.25) is 0 Å². The molecule has 0 saturated carbocycles. The van der Waals surface area contributed by atoms with Gasteiger partial charge in [-0.05, 0) is 24.0 Å². The Hall–Kier alpha value is -1.65. The zero-order chi connectivity index (χ0) is 21.2. The molecule has 1 aliphatic heterocycles. The van der Waals surface area contributed by atoms with E-state index in [4.69, 9.17) is 9.26 Å². The highest BCUT2D eigenvalue weighted by atomic mass is 127. The molecular formula is C23H36IN5O2. The fourth-order valence-corrected chi connectivity index (χ4v) is 3.77. The number of nitrogens with one attached hydrogen (secondary N) is 2. The number of nitrogens with zero attached hydrogens (tertiary/aromatic N) is 3. The van der Waals surface area contributed by atoms with Gasteiger partial charge in [0.25, 0.3) is 0 Å². The summed E-state index contributed by atoms with van der Waals surface area (Å²) >= 11 is 0. The lowest BCUT2D eigenvalue weighted by Gasteiger charge is -2.27. The maximum atomic E-state index is 5.50. The predicted octanol–water partition coefficient (Wildman–Crippen LogP) is 3.89. The molecule has 8 heteroatoms. The summed E-state index contributed by atoms with van der Waals surface area (Å²) in [4.78, 5) is 6.78. The Labute approximate surface area is 203 Å². The van der Waals surface area contributed by atoms with Crippen molar-refractivity contribution < 1.29 is 9.26 Å². The van der Waals surface area contributed by atoms with Crippen LogP contribution in [-0.2, 0) is 24.4 Å². The lowest BCUT2D eigenvalue weighted by molar-refractivity contribution is 0.0341. The van der Waals surface area contributed by atoms with Crippen molar-refractivity contribution in [1.29, 1.82) is 0 Å². The minimum Gasteiger partial charge on any atom is -0.379 e. The first-order chi connectivity index (χ1) is 14.7. The van der Waals surface area contributed by atoms with Gasteiger partial charge < -0.3 is 19.9 Å². The number of hydrogen-bond donors (Lipinski definition) is 2. The number of halogens is 1. The third-order valence-electron chi connectivity index (χ3n) is 5.70. The molecule has 1 fully saturated rings.